The maximum absolute atomic E-state index is 13.4. The predicted octanol–water partition coefficient (Wildman–Crippen LogP) is 5.64. The first-order valence-corrected chi connectivity index (χ1v) is 10.6. The number of carbonyl (C=O) groups excluding carboxylic acids is 2. The van der Waals surface area contributed by atoms with Crippen molar-refractivity contribution in [3.05, 3.63) is 106 Å². The van der Waals surface area contributed by atoms with Crippen molar-refractivity contribution >= 4 is 34.3 Å². The molecule has 0 spiro atoms. The summed E-state index contributed by atoms with van der Waals surface area (Å²) in [5, 5.41) is 11.8. The van der Waals surface area contributed by atoms with E-state index < -0.39 is 23.5 Å². The molecule has 1 atom stereocenters. The molecule has 2 aromatic heterocycles. The Hall–Kier alpha value is -3.84. The second-order valence-electron chi connectivity index (χ2n) is 7.68. The number of amides is 1. The standard InChI is InChI=1S/C25H17ClFNO5/c26-16-5-8-18-15(12-16)13-20(33-18)23(29)21-22(19-2-1-11-32-19)28(25(31)24(21)30)10-9-14-3-6-17(27)7-4-14/h1-8,11-13,22,30H,9-10H2. The average molecular weight is 466 g/mol. The highest BCUT2D eigenvalue weighted by atomic mass is 35.5. The quantitative estimate of drug-likeness (QED) is 0.372. The molecule has 0 saturated carbocycles. The van der Waals surface area contributed by atoms with Gasteiger partial charge in [0, 0.05) is 17.0 Å². The van der Waals surface area contributed by atoms with Crippen molar-refractivity contribution in [1.82, 2.24) is 4.90 Å². The molecule has 33 heavy (non-hydrogen) atoms. The summed E-state index contributed by atoms with van der Waals surface area (Å²) in [5.41, 5.74) is 1.13. The molecule has 8 heteroatoms. The van der Waals surface area contributed by atoms with Gasteiger partial charge in [0.1, 0.15) is 23.2 Å². The number of nitrogens with zero attached hydrogens (tertiary/aromatic N) is 1. The van der Waals surface area contributed by atoms with E-state index >= 15 is 0 Å². The van der Waals surface area contributed by atoms with Gasteiger partial charge >= 0.3 is 0 Å². The molecular weight excluding hydrogens is 449 g/mol. The largest absolute Gasteiger partial charge is 0.503 e. The molecule has 3 heterocycles. The number of Topliss-reactive ketones (excluding diaryl/α,β-unsaturated/α-hetero) is 1. The number of fused-ring (bicyclic) bond motifs is 1. The second kappa shape index (κ2) is 8.26. The van der Waals surface area contributed by atoms with Crippen LogP contribution in [0.3, 0.4) is 0 Å². The first-order valence-electron chi connectivity index (χ1n) is 10.2. The van der Waals surface area contributed by atoms with Crippen LogP contribution in [0.15, 0.2) is 87.1 Å². The number of halogens is 2. The number of aliphatic hydroxyl groups excluding tert-OH is 1. The third-order valence-electron chi connectivity index (χ3n) is 5.62. The lowest BCUT2D eigenvalue weighted by Crippen LogP contribution is -2.32. The van der Waals surface area contributed by atoms with Crippen molar-refractivity contribution in [2.45, 2.75) is 12.5 Å². The van der Waals surface area contributed by atoms with Gasteiger partial charge in [-0.1, -0.05) is 23.7 Å². The first-order chi connectivity index (χ1) is 15.9. The van der Waals surface area contributed by atoms with Gasteiger partial charge in [-0.3, -0.25) is 9.59 Å². The molecule has 2 aromatic carbocycles. The van der Waals surface area contributed by atoms with Crippen molar-refractivity contribution < 1.29 is 27.9 Å². The van der Waals surface area contributed by atoms with Crippen LogP contribution in [0.2, 0.25) is 5.02 Å². The molecule has 0 radical (unpaired) electrons. The molecular formula is C25H17ClFNO5. The van der Waals surface area contributed by atoms with Gasteiger partial charge in [-0.25, -0.2) is 4.39 Å². The van der Waals surface area contributed by atoms with Gasteiger partial charge in [0.15, 0.2) is 11.5 Å². The van der Waals surface area contributed by atoms with Crippen LogP contribution in [-0.2, 0) is 11.2 Å². The summed E-state index contributed by atoms with van der Waals surface area (Å²) >= 11 is 6.02. The maximum atomic E-state index is 13.4. The monoisotopic (exact) mass is 465 g/mol. The molecule has 0 bridgehead atoms. The maximum Gasteiger partial charge on any atom is 0.290 e. The molecule has 5 rings (SSSR count). The number of hydrogen-bond acceptors (Lipinski definition) is 5. The van der Waals surface area contributed by atoms with Gasteiger partial charge in [0.05, 0.1) is 11.8 Å². The summed E-state index contributed by atoms with van der Waals surface area (Å²) < 4.78 is 24.4. The molecule has 166 valence electrons. The molecule has 6 nitrogen and oxygen atoms in total. The lowest BCUT2D eigenvalue weighted by molar-refractivity contribution is -0.129. The highest BCUT2D eigenvalue weighted by Crippen LogP contribution is 2.40. The van der Waals surface area contributed by atoms with Crippen LogP contribution in [0.1, 0.15) is 27.9 Å². The van der Waals surface area contributed by atoms with Gasteiger partial charge in [0.2, 0.25) is 5.78 Å². The smallest absolute Gasteiger partial charge is 0.290 e. The molecule has 1 unspecified atom stereocenters. The van der Waals surface area contributed by atoms with Crippen LogP contribution in [0.4, 0.5) is 4.39 Å². The van der Waals surface area contributed by atoms with Crippen molar-refractivity contribution in [2.75, 3.05) is 6.54 Å². The minimum Gasteiger partial charge on any atom is -0.503 e. The Bertz CT molecular complexity index is 1390. The van der Waals surface area contributed by atoms with E-state index in [4.69, 9.17) is 20.4 Å². The molecule has 1 N–H and O–H groups in total. The van der Waals surface area contributed by atoms with Gasteiger partial charge in [-0.05, 0) is 60.5 Å². The molecule has 0 fully saturated rings. The van der Waals surface area contributed by atoms with E-state index in [0.29, 0.717) is 28.2 Å². The molecule has 1 aliphatic rings. The molecule has 0 aliphatic carbocycles. The summed E-state index contributed by atoms with van der Waals surface area (Å²) in [6.45, 7) is 0.173. The fourth-order valence-electron chi connectivity index (χ4n) is 4.02. The fraction of sp³-hybridized carbons (Fsp3) is 0.120. The third-order valence-corrected chi connectivity index (χ3v) is 5.85. The summed E-state index contributed by atoms with van der Waals surface area (Å²) in [6.07, 6.45) is 1.82. The Balaban J connectivity index is 1.50. The van der Waals surface area contributed by atoms with E-state index in [1.54, 1.807) is 42.5 Å². The molecule has 4 aromatic rings. The van der Waals surface area contributed by atoms with E-state index in [2.05, 4.69) is 0 Å². The number of ketones is 1. The zero-order valence-corrected chi connectivity index (χ0v) is 17.9. The fourth-order valence-corrected chi connectivity index (χ4v) is 4.20. The number of carbonyl (C=O) groups is 2. The average Bonchev–Trinajstić information content (AvgIpc) is 3.52. The summed E-state index contributed by atoms with van der Waals surface area (Å²) in [7, 11) is 0. The van der Waals surface area contributed by atoms with Crippen LogP contribution in [0.25, 0.3) is 11.0 Å². The van der Waals surface area contributed by atoms with E-state index in [9.17, 15) is 19.1 Å². The molecule has 0 saturated heterocycles. The van der Waals surface area contributed by atoms with Crippen LogP contribution < -0.4 is 0 Å². The third kappa shape index (κ3) is 3.81. The summed E-state index contributed by atoms with van der Waals surface area (Å²) in [4.78, 5) is 27.7. The predicted molar refractivity (Wildman–Crippen MR) is 118 cm³/mol. The normalized spacial score (nSPS) is 16.2. The van der Waals surface area contributed by atoms with Gasteiger partial charge in [0.25, 0.3) is 5.91 Å². The highest BCUT2D eigenvalue weighted by Gasteiger charge is 2.45. The lowest BCUT2D eigenvalue weighted by atomic mass is 9.99. The topological polar surface area (TPSA) is 83.9 Å². The number of benzene rings is 2. The number of aliphatic hydroxyl groups is 1. The molecule has 1 aliphatic heterocycles. The van der Waals surface area contributed by atoms with Crippen LogP contribution in [-0.4, -0.2) is 28.2 Å². The number of furan rings is 2. The van der Waals surface area contributed by atoms with E-state index in [-0.39, 0.29) is 23.7 Å². The van der Waals surface area contributed by atoms with Gasteiger partial charge in [-0.2, -0.15) is 0 Å². The van der Waals surface area contributed by atoms with Crippen LogP contribution in [0.5, 0.6) is 0 Å². The Morgan fingerprint density at radius 2 is 1.91 bits per heavy atom. The summed E-state index contributed by atoms with van der Waals surface area (Å²) in [5.74, 6) is -2.03. The first kappa shape index (κ1) is 21.0. The van der Waals surface area contributed by atoms with E-state index in [1.807, 2.05) is 0 Å². The zero-order chi connectivity index (χ0) is 23.1. The number of rotatable bonds is 6. The minimum absolute atomic E-state index is 0.0291. The highest BCUT2D eigenvalue weighted by molar-refractivity contribution is 6.31. The Morgan fingerprint density at radius 3 is 2.64 bits per heavy atom. The zero-order valence-electron chi connectivity index (χ0n) is 17.1. The second-order valence-corrected chi connectivity index (χ2v) is 8.11. The SMILES string of the molecule is O=C(C1=C(O)C(=O)N(CCc2ccc(F)cc2)C1c1ccco1)c1cc2cc(Cl)ccc2o1. The van der Waals surface area contributed by atoms with E-state index in [0.717, 1.165) is 5.56 Å². The number of hydrogen-bond donors (Lipinski definition) is 1. The van der Waals surface area contributed by atoms with Crippen LogP contribution >= 0.6 is 11.6 Å². The van der Waals surface area contributed by atoms with Gasteiger partial charge in [-0.15, -0.1) is 0 Å². The van der Waals surface area contributed by atoms with Crippen molar-refractivity contribution in [3.8, 4) is 0 Å². The van der Waals surface area contributed by atoms with Crippen molar-refractivity contribution in [1.29, 1.82) is 0 Å². The lowest BCUT2D eigenvalue weighted by Gasteiger charge is -2.24. The van der Waals surface area contributed by atoms with Crippen molar-refractivity contribution in [3.63, 3.8) is 0 Å². The van der Waals surface area contributed by atoms with Crippen LogP contribution in [0, 0.1) is 5.82 Å². The van der Waals surface area contributed by atoms with Crippen molar-refractivity contribution in [2.24, 2.45) is 0 Å². The molecule has 1 amide bonds. The summed E-state index contributed by atoms with van der Waals surface area (Å²) in [6, 6.07) is 14.7. The van der Waals surface area contributed by atoms with E-state index in [1.165, 1.54) is 29.4 Å². The Kier molecular flexibility index (Phi) is 5.26. The Labute approximate surface area is 192 Å². The minimum atomic E-state index is -0.933. The van der Waals surface area contributed by atoms with Gasteiger partial charge < -0.3 is 18.8 Å². The Morgan fingerprint density at radius 1 is 1.12 bits per heavy atom.